The standard InChI is InChI=1S/C20H21N5O3/c1-12-17(19(27)24-14-6-4-3-5-7-14)18(25-20(23-12)21-11-22-25)13-8-9-15(26)16(10-13)28-2/h3-12,17-18,26H,1-2H3,(H,24,27)(H,21,22,23)/t12-,17+,18+/m0/s1. The number of phenols is 1. The van der Waals surface area contributed by atoms with Gasteiger partial charge in [0, 0.05) is 11.7 Å². The predicted octanol–water partition coefficient (Wildman–Crippen LogP) is 2.65. The highest BCUT2D eigenvalue weighted by Gasteiger charge is 2.41. The quantitative estimate of drug-likeness (QED) is 0.644. The van der Waals surface area contributed by atoms with E-state index in [1.54, 1.807) is 22.9 Å². The van der Waals surface area contributed by atoms with Gasteiger partial charge in [0.2, 0.25) is 11.9 Å². The molecule has 0 unspecified atom stereocenters. The number of aromatic nitrogens is 3. The first kappa shape index (κ1) is 17.8. The Morgan fingerprint density at radius 2 is 2.04 bits per heavy atom. The van der Waals surface area contributed by atoms with Gasteiger partial charge in [0.1, 0.15) is 6.33 Å². The Labute approximate surface area is 162 Å². The van der Waals surface area contributed by atoms with Crippen molar-refractivity contribution in [2.45, 2.75) is 19.0 Å². The summed E-state index contributed by atoms with van der Waals surface area (Å²) < 4.78 is 6.95. The number of para-hydroxylation sites is 1. The van der Waals surface area contributed by atoms with E-state index >= 15 is 0 Å². The minimum Gasteiger partial charge on any atom is -0.504 e. The number of benzene rings is 2. The maximum absolute atomic E-state index is 13.2. The first-order valence-electron chi connectivity index (χ1n) is 8.97. The molecule has 2 aromatic carbocycles. The van der Waals surface area contributed by atoms with E-state index in [0.29, 0.717) is 11.7 Å². The van der Waals surface area contributed by atoms with E-state index < -0.39 is 12.0 Å². The third kappa shape index (κ3) is 3.13. The summed E-state index contributed by atoms with van der Waals surface area (Å²) in [6, 6.07) is 13.8. The van der Waals surface area contributed by atoms with Crippen LogP contribution >= 0.6 is 0 Å². The average molecular weight is 379 g/mol. The lowest BCUT2D eigenvalue weighted by Crippen LogP contribution is -2.46. The number of nitrogens with zero attached hydrogens (tertiary/aromatic N) is 3. The number of hydrogen-bond donors (Lipinski definition) is 3. The molecule has 0 bridgehead atoms. The molecular weight excluding hydrogens is 358 g/mol. The van der Waals surface area contributed by atoms with Gasteiger partial charge in [-0.1, -0.05) is 24.3 Å². The fourth-order valence-electron chi connectivity index (χ4n) is 3.62. The van der Waals surface area contributed by atoms with Crippen molar-refractivity contribution in [1.82, 2.24) is 14.8 Å². The molecule has 8 heteroatoms. The SMILES string of the molecule is COc1cc([C@@H]2[C@H](C(=O)Nc3ccccc3)[C@H](C)Nc3ncnn32)ccc1O. The Hall–Kier alpha value is -3.55. The Morgan fingerprint density at radius 1 is 1.25 bits per heavy atom. The van der Waals surface area contributed by atoms with E-state index in [2.05, 4.69) is 20.7 Å². The molecule has 144 valence electrons. The van der Waals surface area contributed by atoms with E-state index in [4.69, 9.17) is 4.74 Å². The van der Waals surface area contributed by atoms with Crippen LogP contribution in [0.2, 0.25) is 0 Å². The van der Waals surface area contributed by atoms with Gasteiger partial charge in [-0.05, 0) is 36.8 Å². The molecule has 1 aliphatic heterocycles. The number of nitrogens with one attached hydrogen (secondary N) is 2. The number of aromatic hydroxyl groups is 1. The smallest absolute Gasteiger partial charge is 0.232 e. The highest BCUT2D eigenvalue weighted by atomic mass is 16.5. The van der Waals surface area contributed by atoms with Crippen LogP contribution in [0.4, 0.5) is 11.6 Å². The highest BCUT2D eigenvalue weighted by Crippen LogP contribution is 2.39. The average Bonchev–Trinajstić information content (AvgIpc) is 3.16. The van der Waals surface area contributed by atoms with Crippen LogP contribution in [0.5, 0.6) is 11.5 Å². The minimum atomic E-state index is -0.469. The molecule has 3 N–H and O–H groups in total. The number of rotatable bonds is 4. The molecule has 0 aliphatic carbocycles. The number of carbonyl (C=O) groups excluding carboxylic acids is 1. The van der Waals surface area contributed by atoms with Crippen molar-refractivity contribution in [1.29, 1.82) is 0 Å². The first-order valence-corrected chi connectivity index (χ1v) is 8.97. The number of amides is 1. The van der Waals surface area contributed by atoms with Gasteiger partial charge < -0.3 is 20.5 Å². The molecule has 3 aromatic rings. The van der Waals surface area contributed by atoms with Gasteiger partial charge in [-0.15, -0.1) is 0 Å². The van der Waals surface area contributed by atoms with Crippen LogP contribution in [0.3, 0.4) is 0 Å². The summed E-state index contributed by atoms with van der Waals surface area (Å²) in [6.07, 6.45) is 1.46. The van der Waals surface area contributed by atoms with E-state index in [9.17, 15) is 9.90 Å². The molecule has 1 aliphatic rings. The van der Waals surface area contributed by atoms with Crippen molar-refractivity contribution in [3.8, 4) is 11.5 Å². The zero-order valence-electron chi connectivity index (χ0n) is 15.5. The summed E-state index contributed by atoms with van der Waals surface area (Å²) in [5.41, 5.74) is 1.52. The van der Waals surface area contributed by atoms with Gasteiger partial charge in [0.15, 0.2) is 11.5 Å². The Morgan fingerprint density at radius 3 is 2.79 bits per heavy atom. The van der Waals surface area contributed by atoms with Crippen molar-refractivity contribution in [2.75, 3.05) is 17.7 Å². The zero-order chi connectivity index (χ0) is 19.7. The molecule has 3 atom stereocenters. The van der Waals surface area contributed by atoms with Gasteiger partial charge in [-0.25, -0.2) is 4.68 Å². The Kier molecular flexibility index (Phi) is 4.60. The van der Waals surface area contributed by atoms with E-state index in [-0.39, 0.29) is 17.7 Å². The number of fused-ring (bicyclic) bond motifs is 1. The number of hydrogen-bond acceptors (Lipinski definition) is 6. The summed E-state index contributed by atoms with van der Waals surface area (Å²) >= 11 is 0. The monoisotopic (exact) mass is 379 g/mol. The summed E-state index contributed by atoms with van der Waals surface area (Å²) in [4.78, 5) is 17.5. The molecule has 8 nitrogen and oxygen atoms in total. The second-order valence-corrected chi connectivity index (χ2v) is 6.72. The van der Waals surface area contributed by atoms with Crippen LogP contribution in [-0.4, -0.2) is 38.9 Å². The number of anilines is 2. The van der Waals surface area contributed by atoms with E-state index in [1.807, 2.05) is 37.3 Å². The third-order valence-electron chi connectivity index (χ3n) is 4.96. The third-order valence-corrected chi connectivity index (χ3v) is 4.96. The summed E-state index contributed by atoms with van der Waals surface area (Å²) in [5, 5.41) is 20.5. The fraction of sp³-hybridized carbons (Fsp3) is 0.250. The minimum absolute atomic E-state index is 0.0392. The van der Waals surface area contributed by atoms with Crippen molar-refractivity contribution < 1.29 is 14.6 Å². The van der Waals surface area contributed by atoms with Crippen molar-refractivity contribution in [3.05, 3.63) is 60.4 Å². The first-order chi connectivity index (χ1) is 13.6. The summed E-state index contributed by atoms with van der Waals surface area (Å²) in [7, 11) is 1.49. The molecule has 0 saturated heterocycles. The van der Waals surface area contributed by atoms with Gasteiger partial charge in [0.05, 0.1) is 19.1 Å². The van der Waals surface area contributed by atoms with Crippen LogP contribution < -0.4 is 15.4 Å². The molecular formula is C20H21N5O3. The van der Waals surface area contributed by atoms with Crippen LogP contribution in [0, 0.1) is 5.92 Å². The maximum atomic E-state index is 13.2. The van der Waals surface area contributed by atoms with Crippen LogP contribution in [0.15, 0.2) is 54.9 Å². The fourth-order valence-corrected chi connectivity index (χ4v) is 3.62. The van der Waals surface area contributed by atoms with Crippen molar-refractivity contribution in [3.63, 3.8) is 0 Å². The van der Waals surface area contributed by atoms with Gasteiger partial charge in [-0.2, -0.15) is 10.1 Å². The molecule has 0 radical (unpaired) electrons. The molecule has 0 spiro atoms. The van der Waals surface area contributed by atoms with Crippen LogP contribution in [0.1, 0.15) is 18.5 Å². The van der Waals surface area contributed by atoms with Gasteiger partial charge >= 0.3 is 0 Å². The van der Waals surface area contributed by atoms with Crippen molar-refractivity contribution >= 4 is 17.5 Å². The van der Waals surface area contributed by atoms with Gasteiger partial charge in [0.25, 0.3) is 0 Å². The van der Waals surface area contributed by atoms with Crippen LogP contribution in [0.25, 0.3) is 0 Å². The number of methoxy groups -OCH3 is 1. The van der Waals surface area contributed by atoms with Crippen LogP contribution in [-0.2, 0) is 4.79 Å². The topological polar surface area (TPSA) is 101 Å². The Balaban J connectivity index is 1.76. The molecule has 1 aromatic heterocycles. The number of phenolic OH excluding ortho intramolecular Hbond substituents is 1. The normalized spacial score (nSPS) is 20.7. The molecule has 1 amide bonds. The van der Waals surface area contributed by atoms with E-state index in [0.717, 1.165) is 11.3 Å². The highest BCUT2D eigenvalue weighted by molar-refractivity contribution is 5.94. The lowest BCUT2D eigenvalue weighted by molar-refractivity contribution is -0.121. The lowest BCUT2D eigenvalue weighted by Gasteiger charge is -2.37. The van der Waals surface area contributed by atoms with Crippen molar-refractivity contribution in [2.24, 2.45) is 5.92 Å². The van der Waals surface area contributed by atoms with Gasteiger partial charge in [-0.3, -0.25) is 4.79 Å². The zero-order valence-corrected chi connectivity index (χ0v) is 15.5. The predicted molar refractivity (Wildman–Crippen MR) is 104 cm³/mol. The maximum Gasteiger partial charge on any atom is 0.232 e. The summed E-state index contributed by atoms with van der Waals surface area (Å²) in [5.74, 6) is 0.367. The molecule has 0 saturated carbocycles. The molecule has 4 rings (SSSR count). The lowest BCUT2D eigenvalue weighted by atomic mass is 9.85. The second kappa shape index (κ2) is 7.22. The second-order valence-electron chi connectivity index (χ2n) is 6.72. The number of ether oxygens (including phenoxy) is 1. The van der Waals surface area contributed by atoms with E-state index in [1.165, 1.54) is 13.4 Å². The summed E-state index contributed by atoms with van der Waals surface area (Å²) in [6.45, 7) is 1.94. The molecule has 28 heavy (non-hydrogen) atoms. The molecule has 0 fully saturated rings. The number of carbonyl (C=O) groups is 1. The Bertz CT molecular complexity index is 989. The largest absolute Gasteiger partial charge is 0.504 e. The molecule has 2 heterocycles.